The van der Waals surface area contributed by atoms with Crippen molar-refractivity contribution in [2.24, 2.45) is 0 Å². The van der Waals surface area contributed by atoms with E-state index in [1.54, 1.807) is 0 Å². The molecule has 0 saturated heterocycles. The molecular weight excluding hydrogens is 480 g/mol. The van der Waals surface area contributed by atoms with E-state index in [1.165, 1.54) is 0 Å². The number of hydrogen-bond donors (Lipinski definition) is 4. The minimum atomic E-state index is -5.39. The zero-order valence-corrected chi connectivity index (χ0v) is 29.7. The van der Waals surface area contributed by atoms with E-state index in [9.17, 15) is 0 Å². The summed E-state index contributed by atoms with van der Waals surface area (Å²) in [4.78, 5) is 71.5. The van der Waals surface area contributed by atoms with Gasteiger partial charge in [0, 0.05) is 0 Å². The molecule has 20 heteroatoms. The Balaban J connectivity index is -0.0000000160. The molecule has 20 heavy (non-hydrogen) atoms. The van der Waals surface area contributed by atoms with Crippen LogP contribution in [0, 0.1) is 0 Å². The molecule has 96 valence electrons. The van der Waals surface area contributed by atoms with E-state index in [-0.39, 0.29) is 257 Å². The third-order valence-corrected chi connectivity index (χ3v) is 0. The van der Waals surface area contributed by atoms with Crippen LogP contribution in [0.3, 0.4) is 0 Å². The summed E-state index contributed by atoms with van der Waals surface area (Å²) in [5, 5.41) is 0. The van der Waals surface area contributed by atoms with Crippen LogP contribution in [0.4, 0.5) is 0 Å². The first kappa shape index (κ1) is 51.3. The van der Waals surface area contributed by atoms with Crippen molar-refractivity contribution in [3.63, 3.8) is 0 Å². The Kier molecular flexibility index (Phi) is 70.6. The van der Waals surface area contributed by atoms with Crippen molar-refractivity contribution in [2.45, 2.75) is 0 Å². The van der Waals surface area contributed by atoms with Gasteiger partial charge in [0.05, 0.1) is 0 Å². The topological polar surface area (TPSA) is 247 Å². The monoisotopic (exact) mass is 484 g/mol. The summed E-state index contributed by atoms with van der Waals surface area (Å²) in [6.07, 6.45) is 0. The number of phosphoric acid groups is 3. The van der Waals surface area contributed by atoms with Crippen molar-refractivity contribution in [1.29, 1.82) is 0 Å². The molecule has 0 heterocycles. The second-order valence-electron chi connectivity index (χ2n) is 1.43. The Labute approximate surface area is 327 Å². The van der Waals surface area contributed by atoms with Crippen molar-refractivity contribution < 1.29 is 315 Å². The van der Waals surface area contributed by atoms with Crippen molar-refractivity contribution in [3.05, 3.63) is 0 Å². The fourth-order valence-electron chi connectivity index (χ4n) is 0. The van der Waals surface area contributed by atoms with Crippen LogP contribution in [0.15, 0.2) is 0 Å². The molecule has 0 radical (unpaired) electrons. The van der Waals surface area contributed by atoms with Crippen molar-refractivity contribution in [1.82, 2.24) is 0 Å². The molecule has 0 aliphatic rings. The fraction of sp³-hybridized carbons (Fsp3) is 0. The Morgan fingerprint density at radius 1 is 0.500 bits per heavy atom. The summed E-state index contributed by atoms with van der Waals surface area (Å²) < 4.78 is 26.1. The zero-order chi connectivity index (χ0) is 13.5. The predicted octanol–water partition coefficient (Wildman–Crippen LogP) is -20.9. The predicted molar refractivity (Wildman–Crippen MR) is 31.7 cm³/mol. The first-order chi connectivity index (χ1) is 6.00. The van der Waals surface area contributed by atoms with Gasteiger partial charge in [-0.15, -0.1) is 0 Å². The van der Waals surface area contributed by atoms with Crippen LogP contribution in [0.5, 0.6) is 0 Å². The molecule has 12 nitrogen and oxygen atoms in total. The van der Waals surface area contributed by atoms with E-state index in [2.05, 4.69) is 0 Å². The third-order valence-electron chi connectivity index (χ3n) is 0. The zero-order valence-electron chi connectivity index (χ0n) is 11.4. The smallest absolute Gasteiger partial charge is 0.822 e. The first-order valence-corrected chi connectivity index (χ1v) is 6.78. The summed E-state index contributed by atoms with van der Waals surface area (Å²) in [6, 6.07) is 0. The van der Waals surface area contributed by atoms with E-state index < -0.39 is 23.5 Å². The van der Waals surface area contributed by atoms with E-state index in [0.29, 0.717) is 0 Å². The van der Waals surface area contributed by atoms with Crippen molar-refractivity contribution in [3.8, 4) is 0 Å². The SMILES string of the molecule is O=P([O-])(O)O.O=P([O-])(O)O.O=P([O-])([O-])[O-].[K+].[K+].[K+].[K+].[K+]. The molecule has 4 N–H and O–H groups in total. The Bertz CT molecular complexity index is 213. The van der Waals surface area contributed by atoms with Crippen LogP contribution in [0.1, 0.15) is 0 Å². The summed E-state index contributed by atoms with van der Waals surface area (Å²) in [5.74, 6) is 0. The van der Waals surface area contributed by atoms with Gasteiger partial charge < -0.3 is 48.6 Å². The quantitative estimate of drug-likeness (QED) is 0.185. The molecular formula is H4K5O12P3. The minimum Gasteiger partial charge on any atom is -0.822 e. The molecule has 0 aromatic heterocycles. The normalized spacial score (nSPS) is 8.85. The van der Waals surface area contributed by atoms with Crippen molar-refractivity contribution >= 4 is 23.5 Å². The molecule has 0 bridgehead atoms. The maximum atomic E-state index is 8.77. The van der Waals surface area contributed by atoms with Crippen LogP contribution >= 0.6 is 23.5 Å². The van der Waals surface area contributed by atoms with Gasteiger partial charge in [0.25, 0.3) is 15.6 Å². The standard InChI is InChI=1S/5K.3H3O4P/c;;;;;3*1-5(2,3)4/h;;;;;3*(H3,1,2,3,4)/q5*+1;;;/p-5. The van der Waals surface area contributed by atoms with E-state index >= 15 is 0 Å². The second-order valence-corrected chi connectivity index (χ2v) is 4.29. The average Bonchev–Trinajstić information content (AvgIpc) is 1.41. The molecule has 0 unspecified atom stereocenters. The van der Waals surface area contributed by atoms with Gasteiger partial charge in [-0.05, 0) is 0 Å². The van der Waals surface area contributed by atoms with E-state index in [0.717, 1.165) is 0 Å². The largest absolute Gasteiger partial charge is 1.00 e. The van der Waals surface area contributed by atoms with Gasteiger partial charge in [-0.1, -0.05) is 0 Å². The van der Waals surface area contributed by atoms with Crippen molar-refractivity contribution in [2.75, 3.05) is 0 Å². The van der Waals surface area contributed by atoms with Gasteiger partial charge in [0.1, 0.15) is 0 Å². The maximum Gasteiger partial charge on any atom is 1.00 e. The third kappa shape index (κ3) is 238. The minimum absolute atomic E-state index is 0. The molecule has 0 fully saturated rings. The summed E-state index contributed by atoms with van der Waals surface area (Å²) in [6.45, 7) is 0. The maximum absolute atomic E-state index is 8.77. The van der Waals surface area contributed by atoms with Gasteiger partial charge in [-0.3, -0.25) is 9.13 Å². The molecule has 0 aliphatic heterocycles. The average molecular weight is 484 g/mol. The van der Waals surface area contributed by atoms with Crippen LogP contribution in [0.25, 0.3) is 0 Å². The number of rotatable bonds is 0. The van der Waals surface area contributed by atoms with Crippen LogP contribution in [-0.2, 0) is 13.7 Å². The van der Waals surface area contributed by atoms with Crippen LogP contribution in [0.2, 0.25) is 0 Å². The summed E-state index contributed by atoms with van der Waals surface area (Å²) in [7, 11) is -15.2. The van der Waals surface area contributed by atoms with Gasteiger partial charge in [0.2, 0.25) is 0 Å². The molecule has 0 atom stereocenters. The van der Waals surface area contributed by atoms with Gasteiger partial charge >= 0.3 is 257 Å². The Morgan fingerprint density at radius 3 is 0.500 bits per heavy atom. The molecule has 0 saturated carbocycles. The first-order valence-electron chi connectivity index (χ1n) is 2.26. The summed E-state index contributed by atoms with van der Waals surface area (Å²) >= 11 is 0. The number of hydrogen-bond acceptors (Lipinski definition) is 8. The van der Waals surface area contributed by atoms with Gasteiger partial charge in [-0.2, -0.15) is 7.82 Å². The van der Waals surface area contributed by atoms with E-state index in [1.807, 2.05) is 0 Å². The summed E-state index contributed by atoms with van der Waals surface area (Å²) in [5.41, 5.74) is 0. The molecule has 0 spiro atoms. The molecule has 0 aromatic carbocycles. The molecule has 0 amide bonds. The second kappa shape index (κ2) is 27.5. The van der Waals surface area contributed by atoms with Gasteiger partial charge in [0.15, 0.2) is 0 Å². The van der Waals surface area contributed by atoms with Gasteiger partial charge in [-0.25, -0.2) is 0 Å². The Hall–Kier alpha value is 8.51. The van der Waals surface area contributed by atoms with E-state index in [4.69, 9.17) is 57.7 Å². The molecule has 0 rings (SSSR count). The van der Waals surface area contributed by atoms with Crippen LogP contribution in [-0.4, -0.2) is 19.6 Å². The Morgan fingerprint density at radius 2 is 0.500 bits per heavy atom. The molecule has 0 aliphatic carbocycles. The fourth-order valence-corrected chi connectivity index (χ4v) is 0. The van der Waals surface area contributed by atoms with Crippen LogP contribution < -0.4 is 281 Å². The molecule has 0 aromatic rings.